The number of anilines is 1. The Balaban J connectivity index is 1.38. The number of fused-ring (bicyclic) bond motifs is 1. The SMILES string of the molecule is COc1ccc(S(=O)(=O)CCC(=O)Nc2nc(-c3nc4ccccc4s3)cs2)cc1. The van der Waals surface area contributed by atoms with Gasteiger partial charge in [0.1, 0.15) is 16.5 Å². The number of benzene rings is 2. The first-order valence-electron chi connectivity index (χ1n) is 8.93. The van der Waals surface area contributed by atoms with E-state index in [2.05, 4.69) is 15.3 Å². The van der Waals surface area contributed by atoms with E-state index in [0.29, 0.717) is 16.6 Å². The highest BCUT2D eigenvalue weighted by Gasteiger charge is 2.18. The van der Waals surface area contributed by atoms with E-state index in [9.17, 15) is 13.2 Å². The van der Waals surface area contributed by atoms with E-state index in [-0.39, 0.29) is 17.1 Å². The van der Waals surface area contributed by atoms with Crippen LogP contribution < -0.4 is 10.1 Å². The van der Waals surface area contributed by atoms with E-state index >= 15 is 0 Å². The van der Waals surface area contributed by atoms with Gasteiger partial charge in [0.05, 0.1) is 28.0 Å². The van der Waals surface area contributed by atoms with Crippen LogP contribution in [0.2, 0.25) is 0 Å². The number of aromatic nitrogens is 2. The summed E-state index contributed by atoms with van der Waals surface area (Å²) in [5, 5.41) is 5.68. The van der Waals surface area contributed by atoms with Gasteiger partial charge in [-0.1, -0.05) is 12.1 Å². The molecule has 4 rings (SSSR count). The van der Waals surface area contributed by atoms with Gasteiger partial charge in [-0.2, -0.15) is 0 Å². The lowest BCUT2D eigenvalue weighted by atomic mass is 10.3. The maximum absolute atomic E-state index is 12.4. The molecule has 154 valence electrons. The summed E-state index contributed by atoms with van der Waals surface area (Å²) in [7, 11) is -2.06. The molecule has 0 atom stereocenters. The molecule has 4 aromatic rings. The second-order valence-corrected chi connectivity index (χ2v) is 10.3. The third kappa shape index (κ3) is 4.50. The molecule has 2 heterocycles. The Bertz CT molecular complexity index is 1260. The minimum atomic E-state index is -3.57. The summed E-state index contributed by atoms with van der Waals surface area (Å²) in [6, 6.07) is 13.9. The van der Waals surface area contributed by atoms with E-state index in [1.165, 1.54) is 41.9 Å². The fourth-order valence-electron chi connectivity index (χ4n) is 2.72. The number of sulfone groups is 1. The Labute approximate surface area is 181 Å². The molecule has 0 saturated heterocycles. The van der Waals surface area contributed by atoms with Crippen molar-refractivity contribution in [1.82, 2.24) is 9.97 Å². The zero-order valence-electron chi connectivity index (χ0n) is 15.9. The lowest BCUT2D eigenvalue weighted by molar-refractivity contribution is -0.115. The van der Waals surface area contributed by atoms with Crippen molar-refractivity contribution in [2.24, 2.45) is 0 Å². The van der Waals surface area contributed by atoms with Crippen LogP contribution in [0.3, 0.4) is 0 Å². The van der Waals surface area contributed by atoms with Gasteiger partial charge in [0, 0.05) is 11.8 Å². The largest absolute Gasteiger partial charge is 0.497 e. The smallest absolute Gasteiger partial charge is 0.227 e. The van der Waals surface area contributed by atoms with Crippen LogP contribution in [0.25, 0.3) is 20.9 Å². The van der Waals surface area contributed by atoms with Crippen LogP contribution >= 0.6 is 22.7 Å². The van der Waals surface area contributed by atoms with Crippen LogP contribution in [0.4, 0.5) is 5.13 Å². The zero-order valence-corrected chi connectivity index (χ0v) is 18.3. The summed E-state index contributed by atoms with van der Waals surface area (Å²) >= 11 is 2.81. The molecular formula is C20H17N3O4S3. The van der Waals surface area contributed by atoms with Crippen LogP contribution in [0.15, 0.2) is 58.8 Å². The van der Waals surface area contributed by atoms with Gasteiger partial charge in [-0.3, -0.25) is 4.79 Å². The number of amides is 1. The Hall–Kier alpha value is -2.82. The van der Waals surface area contributed by atoms with Gasteiger partial charge >= 0.3 is 0 Å². The van der Waals surface area contributed by atoms with E-state index in [1.807, 2.05) is 29.6 Å². The molecule has 0 aliphatic heterocycles. The molecule has 1 N–H and O–H groups in total. The van der Waals surface area contributed by atoms with Crippen LogP contribution in [-0.2, 0) is 14.6 Å². The van der Waals surface area contributed by atoms with Crippen molar-refractivity contribution in [1.29, 1.82) is 0 Å². The molecule has 0 unspecified atom stereocenters. The summed E-state index contributed by atoms with van der Waals surface area (Å²) in [6.45, 7) is 0. The summed E-state index contributed by atoms with van der Waals surface area (Å²) in [5.41, 5.74) is 1.59. The lowest BCUT2D eigenvalue weighted by Crippen LogP contribution is -2.17. The number of hydrogen-bond acceptors (Lipinski definition) is 8. The molecule has 2 aromatic carbocycles. The molecule has 2 aromatic heterocycles. The third-order valence-electron chi connectivity index (χ3n) is 4.28. The first-order chi connectivity index (χ1) is 14.4. The van der Waals surface area contributed by atoms with E-state index in [4.69, 9.17) is 4.74 Å². The Morgan fingerprint density at radius 2 is 1.87 bits per heavy atom. The number of rotatable bonds is 7. The van der Waals surface area contributed by atoms with Crippen molar-refractivity contribution in [3.63, 3.8) is 0 Å². The number of methoxy groups -OCH3 is 1. The number of hydrogen-bond donors (Lipinski definition) is 1. The number of para-hydroxylation sites is 1. The van der Waals surface area contributed by atoms with Crippen LogP contribution in [-0.4, -0.2) is 37.2 Å². The third-order valence-corrected chi connectivity index (χ3v) is 7.83. The Kier molecular flexibility index (Phi) is 5.80. The second-order valence-electron chi connectivity index (χ2n) is 6.32. The molecule has 7 nitrogen and oxygen atoms in total. The van der Waals surface area contributed by atoms with Gasteiger partial charge in [-0.25, -0.2) is 18.4 Å². The van der Waals surface area contributed by atoms with Crippen molar-refractivity contribution in [2.45, 2.75) is 11.3 Å². The summed E-state index contributed by atoms with van der Waals surface area (Å²) in [5.74, 6) is -0.127. The van der Waals surface area contributed by atoms with E-state index in [0.717, 1.165) is 15.2 Å². The highest BCUT2D eigenvalue weighted by Crippen LogP contribution is 2.32. The van der Waals surface area contributed by atoms with Gasteiger partial charge in [-0.15, -0.1) is 22.7 Å². The molecule has 0 fully saturated rings. The second kappa shape index (κ2) is 8.50. The Morgan fingerprint density at radius 1 is 1.10 bits per heavy atom. The molecule has 0 bridgehead atoms. The maximum Gasteiger partial charge on any atom is 0.227 e. The number of carbonyl (C=O) groups is 1. The Morgan fingerprint density at radius 3 is 2.60 bits per heavy atom. The van der Waals surface area contributed by atoms with Crippen LogP contribution in [0.5, 0.6) is 5.75 Å². The minimum absolute atomic E-state index is 0.156. The van der Waals surface area contributed by atoms with Gasteiger partial charge in [0.2, 0.25) is 5.91 Å². The maximum atomic E-state index is 12.4. The molecule has 0 saturated carbocycles. The topological polar surface area (TPSA) is 98.2 Å². The molecule has 0 spiro atoms. The molecule has 10 heteroatoms. The van der Waals surface area contributed by atoms with Crippen molar-refractivity contribution < 1.29 is 17.9 Å². The average molecular weight is 460 g/mol. The minimum Gasteiger partial charge on any atom is -0.497 e. The first-order valence-corrected chi connectivity index (χ1v) is 12.3. The predicted octanol–water partition coefficient (Wildman–Crippen LogP) is 4.23. The summed E-state index contributed by atoms with van der Waals surface area (Å²) in [6.07, 6.45) is -0.162. The quantitative estimate of drug-likeness (QED) is 0.444. The number of thiazole rings is 2. The summed E-state index contributed by atoms with van der Waals surface area (Å²) in [4.78, 5) is 21.4. The highest BCUT2D eigenvalue weighted by molar-refractivity contribution is 7.91. The van der Waals surface area contributed by atoms with Gasteiger partial charge < -0.3 is 10.1 Å². The number of nitrogens with one attached hydrogen (secondary N) is 1. The number of carbonyl (C=O) groups excluding carboxylic acids is 1. The fourth-order valence-corrected chi connectivity index (χ4v) is 5.67. The van der Waals surface area contributed by atoms with E-state index < -0.39 is 15.7 Å². The highest BCUT2D eigenvalue weighted by atomic mass is 32.2. The van der Waals surface area contributed by atoms with Crippen LogP contribution in [0.1, 0.15) is 6.42 Å². The molecule has 1 amide bonds. The lowest BCUT2D eigenvalue weighted by Gasteiger charge is -2.06. The average Bonchev–Trinajstić information content (AvgIpc) is 3.39. The zero-order chi connectivity index (χ0) is 21.1. The standard InChI is InChI=1S/C20H17N3O4S3/c1-27-13-6-8-14(9-7-13)30(25,26)11-10-18(24)23-20-22-16(12-28-20)19-21-15-4-2-3-5-17(15)29-19/h2-9,12H,10-11H2,1H3,(H,22,23,24). The van der Waals surface area contributed by atoms with Crippen molar-refractivity contribution in [3.05, 3.63) is 53.9 Å². The molecule has 0 aliphatic carbocycles. The molecular weight excluding hydrogens is 442 g/mol. The molecule has 30 heavy (non-hydrogen) atoms. The number of nitrogens with zero attached hydrogens (tertiary/aromatic N) is 2. The monoisotopic (exact) mass is 459 g/mol. The number of ether oxygens (including phenoxy) is 1. The summed E-state index contributed by atoms with van der Waals surface area (Å²) < 4.78 is 30.9. The van der Waals surface area contributed by atoms with Gasteiger partial charge in [-0.05, 0) is 36.4 Å². The molecule has 0 radical (unpaired) electrons. The first kappa shape index (κ1) is 20.5. The van der Waals surface area contributed by atoms with Gasteiger partial charge in [0.25, 0.3) is 0 Å². The normalized spacial score (nSPS) is 11.5. The van der Waals surface area contributed by atoms with Crippen molar-refractivity contribution in [3.8, 4) is 16.5 Å². The van der Waals surface area contributed by atoms with Crippen LogP contribution in [0, 0.1) is 0 Å². The van der Waals surface area contributed by atoms with Crippen molar-refractivity contribution in [2.75, 3.05) is 18.2 Å². The van der Waals surface area contributed by atoms with Gasteiger partial charge in [0.15, 0.2) is 15.0 Å². The fraction of sp³-hybridized carbons (Fsp3) is 0.150. The molecule has 0 aliphatic rings. The predicted molar refractivity (Wildman–Crippen MR) is 119 cm³/mol. The van der Waals surface area contributed by atoms with Crippen molar-refractivity contribution >= 4 is 53.8 Å². The van der Waals surface area contributed by atoms with E-state index in [1.54, 1.807) is 12.1 Å².